The number of hydrogen-bond donors (Lipinski definition) is 1. The number of amides is 1. The summed E-state index contributed by atoms with van der Waals surface area (Å²) in [4.78, 5) is 45.4. The van der Waals surface area contributed by atoms with Gasteiger partial charge in [0.1, 0.15) is 22.9 Å². The van der Waals surface area contributed by atoms with E-state index in [0.29, 0.717) is 66.1 Å². The summed E-state index contributed by atoms with van der Waals surface area (Å²) < 4.78 is 32.5. The molecule has 1 unspecified atom stereocenters. The molecule has 1 amide bonds. The number of imidazole rings is 1. The number of hydrogen-bond acceptors (Lipinski definition) is 7. The van der Waals surface area contributed by atoms with Crippen molar-refractivity contribution in [1.82, 2.24) is 38.5 Å². The number of nitrogens with one attached hydrogen (secondary N) is 1. The Bertz CT molecular complexity index is 2600. The molecular formula is C40H43FN8O5. The Morgan fingerprint density at radius 2 is 1.81 bits per heavy atom. The highest BCUT2D eigenvalue weighted by Crippen LogP contribution is 2.56. The molecule has 0 radical (unpaired) electrons. The Balaban J connectivity index is 1.17. The van der Waals surface area contributed by atoms with E-state index in [2.05, 4.69) is 49.1 Å². The highest BCUT2D eigenvalue weighted by molar-refractivity contribution is 5.99. The highest BCUT2D eigenvalue weighted by Gasteiger charge is 2.59. The molecule has 2 fully saturated rings. The van der Waals surface area contributed by atoms with Gasteiger partial charge in [-0.25, -0.2) is 18.7 Å². The van der Waals surface area contributed by atoms with Crippen molar-refractivity contribution in [2.45, 2.75) is 83.9 Å². The number of aromatic amines is 1. The van der Waals surface area contributed by atoms with Gasteiger partial charge >= 0.3 is 11.4 Å². The summed E-state index contributed by atoms with van der Waals surface area (Å²) in [5.74, 6) is 0.141. The molecule has 2 aliphatic heterocycles. The van der Waals surface area contributed by atoms with Gasteiger partial charge in [0.25, 0.3) is 5.91 Å². The van der Waals surface area contributed by atoms with E-state index in [1.165, 1.54) is 14.7 Å². The van der Waals surface area contributed by atoms with E-state index in [4.69, 9.17) is 14.4 Å². The summed E-state index contributed by atoms with van der Waals surface area (Å²) in [5, 5.41) is 10.0. The van der Waals surface area contributed by atoms with Crippen LogP contribution in [0.2, 0.25) is 0 Å². The van der Waals surface area contributed by atoms with Crippen LogP contribution < -0.4 is 11.4 Å². The summed E-state index contributed by atoms with van der Waals surface area (Å²) in [6, 6.07) is 11.8. The molecule has 14 heteroatoms. The Labute approximate surface area is 309 Å². The monoisotopic (exact) mass is 734 g/mol. The highest BCUT2D eigenvalue weighted by atomic mass is 19.1. The fourth-order valence-corrected chi connectivity index (χ4v) is 8.96. The lowest BCUT2D eigenvalue weighted by atomic mass is 9.83. The second kappa shape index (κ2) is 12.0. The predicted molar refractivity (Wildman–Crippen MR) is 198 cm³/mol. The lowest BCUT2D eigenvalue weighted by Crippen LogP contribution is -2.39. The number of aromatic nitrogens is 7. The summed E-state index contributed by atoms with van der Waals surface area (Å²) in [5.41, 5.74) is 4.32. The minimum Gasteiger partial charge on any atom is -0.376 e. The number of benzene rings is 2. The average molecular weight is 735 g/mol. The molecule has 280 valence electrons. The minimum absolute atomic E-state index is 0.0572. The molecule has 1 saturated heterocycles. The summed E-state index contributed by atoms with van der Waals surface area (Å²) in [6.45, 7) is 11.0. The third kappa shape index (κ3) is 5.24. The molecule has 0 bridgehead atoms. The molecule has 13 nitrogen and oxygen atoms in total. The third-order valence-corrected chi connectivity index (χ3v) is 11.9. The van der Waals surface area contributed by atoms with Crippen LogP contribution in [0, 0.1) is 25.6 Å². The number of nitrogens with zero attached hydrogens (tertiary/aromatic N) is 7. The summed E-state index contributed by atoms with van der Waals surface area (Å²) in [7, 11) is 1.68. The van der Waals surface area contributed by atoms with Crippen molar-refractivity contribution in [3.05, 3.63) is 115 Å². The van der Waals surface area contributed by atoms with Crippen LogP contribution in [0.5, 0.6) is 0 Å². The maximum atomic E-state index is 15.0. The van der Waals surface area contributed by atoms with Gasteiger partial charge in [-0.15, -0.1) is 0 Å². The van der Waals surface area contributed by atoms with E-state index in [1.54, 1.807) is 55.0 Å². The SMILES string of the molecule is Cc1cc(-n2nc3c(c2-n2ccn(C)c2=O)CN(C(=O)c2cc4cc(C5CCOC(C)(C)C5)ccc4n2[C@@]2(c4noc(=O)[nH]4)C[C@H]2C)CC3)cc(C)c1F. The zero-order chi connectivity index (χ0) is 37.8. The number of halogens is 1. The van der Waals surface area contributed by atoms with Gasteiger partial charge in [-0.05, 0) is 106 Å². The minimum atomic E-state index is -0.784. The van der Waals surface area contributed by atoms with Crippen LogP contribution in [-0.2, 0) is 30.3 Å². The van der Waals surface area contributed by atoms with Crippen LogP contribution >= 0.6 is 0 Å². The Kier molecular flexibility index (Phi) is 7.62. The quantitative estimate of drug-likeness (QED) is 0.242. The molecule has 1 N–H and O–H groups in total. The third-order valence-electron chi connectivity index (χ3n) is 11.9. The second-order valence-corrected chi connectivity index (χ2v) is 16.0. The number of rotatable bonds is 6. The summed E-state index contributed by atoms with van der Waals surface area (Å²) in [6.07, 6.45) is 6.27. The first kappa shape index (κ1) is 34.3. The predicted octanol–water partition coefficient (Wildman–Crippen LogP) is 5.40. The van der Waals surface area contributed by atoms with Crippen molar-refractivity contribution >= 4 is 16.8 Å². The number of fused-ring (bicyclic) bond motifs is 2. The number of ether oxygens (including phenoxy) is 1. The fourth-order valence-electron chi connectivity index (χ4n) is 8.96. The van der Waals surface area contributed by atoms with Crippen molar-refractivity contribution in [1.29, 1.82) is 0 Å². The molecule has 3 atom stereocenters. The first-order chi connectivity index (χ1) is 25.8. The van der Waals surface area contributed by atoms with Gasteiger partial charge in [0, 0.05) is 55.5 Å². The number of H-pyrrole nitrogens is 1. The van der Waals surface area contributed by atoms with Crippen LogP contribution in [0.25, 0.3) is 22.4 Å². The summed E-state index contributed by atoms with van der Waals surface area (Å²) >= 11 is 0. The molecule has 9 rings (SSSR count). The Morgan fingerprint density at radius 3 is 2.46 bits per heavy atom. The molecule has 1 aliphatic carbocycles. The van der Waals surface area contributed by atoms with E-state index in [-0.39, 0.29) is 35.5 Å². The van der Waals surface area contributed by atoms with Crippen molar-refractivity contribution < 1.29 is 18.4 Å². The van der Waals surface area contributed by atoms with Gasteiger partial charge in [-0.1, -0.05) is 18.1 Å². The molecule has 54 heavy (non-hydrogen) atoms. The van der Waals surface area contributed by atoms with Crippen molar-refractivity contribution in [3.63, 3.8) is 0 Å². The Morgan fingerprint density at radius 1 is 1.06 bits per heavy atom. The molecule has 0 spiro atoms. The first-order valence-corrected chi connectivity index (χ1v) is 18.5. The zero-order valence-corrected chi connectivity index (χ0v) is 31.3. The maximum Gasteiger partial charge on any atom is 0.438 e. The molecule has 1 saturated carbocycles. The number of carbonyl (C=O) groups is 1. The molecule has 2 aromatic carbocycles. The van der Waals surface area contributed by atoms with Gasteiger partial charge in [-0.2, -0.15) is 5.10 Å². The lowest BCUT2D eigenvalue weighted by molar-refractivity contribution is -0.0592. The van der Waals surface area contributed by atoms with Crippen LogP contribution in [0.15, 0.2) is 62.9 Å². The zero-order valence-electron chi connectivity index (χ0n) is 31.3. The second-order valence-electron chi connectivity index (χ2n) is 16.0. The van der Waals surface area contributed by atoms with Crippen molar-refractivity contribution in [2.24, 2.45) is 13.0 Å². The van der Waals surface area contributed by atoms with E-state index < -0.39 is 11.3 Å². The fraction of sp³-hybridized carbons (Fsp3) is 0.425. The lowest BCUT2D eigenvalue weighted by Gasteiger charge is -2.35. The van der Waals surface area contributed by atoms with Crippen molar-refractivity contribution in [2.75, 3.05) is 13.2 Å². The van der Waals surface area contributed by atoms with E-state index in [1.807, 2.05) is 10.6 Å². The topological polar surface area (TPSA) is 138 Å². The van der Waals surface area contributed by atoms with E-state index in [9.17, 15) is 14.0 Å². The van der Waals surface area contributed by atoms with E-state index >= 15 is 4.79 Å². The average Bonchev–Trinajstić information content (AvgIpc) is 3.59. The largest absolute Gasteiger partial charge is 0.438 e. The molecule has 6 aromatic rings. The van der Waals surface area contributed by atoms with Crippen LogP contribution in [0.3, 0.4) is 0 Å². The molecule has 6 heterocycles. The Hall–Kier alpha value is -5.50. The van der Waals surface area contributed by atoms with E-state index in [0.717, 1.165) is 35.0 Å². The molecular weight excluding hydrogens is 691 g/mol. The van der Waals surface area contributed by atoms with Crippen molar-refractivity contribution in [3.8, 4) is 11.5 Å². The standard InChI is InChI=1S/C40H43FN8O5/c1-22-15-28(16-23(2)33(22)41)49-34(47-13-12-45(6)38(47)52)29-21-46(11-9-30(29)43-49)35(50)32-18-27-17-25(26-10-14-53-39(4,5)20-26)7-8-31(27)48(32)40(19-24(40)3)36-42-37(51)54-44-36/h7-8,12-13,15-18,24,26H,9-11,14,19-21H2,1-6H3,(H,42,44,51)/t24-,26?,40+/m1/s1. The number of carbonyl (C=O) groups excluding carboxylic acids is 1. The van der Waals surface area contributed by atoms with Crippen LogP contribution in [0.1, 0.15) is 90.2 Å². The molecule has 4 aromatic heterocycles. The van der Waals surface area contributed by atoms with Gasteiger partial charge in [0.05, 0.1) is 23.5 Å². The van der Waals surface area contributed by atoms with Gasteiger partial charge < -0.3 is 18.8 Å². The smallest absolute Gasteiger partial charge is 0.376 e. The normalized spacial score (nSPS) is 22.2. The van der Waals surface area contributed by atoms with Crippen LogP contribution in [0.4, 0.5) is 4.39 Å². The molecule has 3 aliphatic rings. The van der Waals surface area contributed by atoms with Gasteiger partial charge in [0.2, 0.25) is 0 Å². The van der Waals surface area contributed by atoms with Gasteiger partial charge in [-0.3, -0.25) is 18.9 Å². The first-order valence-electron chi connectivity index (χ1n) is 18.5. The maximum absolute atomic E-state index is 15.0. The number of aryl methyl sites for hydroxylation is 3. The van der Waals surface area contributed by atoms with Gasteiger partial charge in [0.15, 0.2) is 5.82 Å². The van der Waals surface area contributed by atoms with Crippen LogP contribution in [-0.4, -0.2) is 63.2 Å².